The van der Waals surface area contributed by atoms with Gasteiger partial charge in [-0.1, -0.05) is 50.3 Å². The summed E-state index contributed by atoms with van der Waals surface area (Å²) < 4.78 is 23.9. The smallest absolute Gasteiger partial charge is 0.338 e. The van der Waals surface area contributed by atoms with E-state index < -0.39 is 11.9 Å². The molecule has 4 aliphatic carbocycles. The SMILES string of the molecule is C=C1C(=O)O[C@@H]2[C@H]3C(C)=CC[C@@H](OC(=O)c4ccc(C(=O)O[C@@H]5CC=C(C)[C@@H]6[C@H]7OC(=O)C(=C)[C@@H]7CC[C@]65C)cc4)[C@]3(C)CC[C@@H]12. The molecule has 2 saturated heterocycles. The number of hydrogen-bond acceptors (Lipinski definition) is 8. The Labute approximate surface area is 269 Å². The van der Waals surface area contributed by atoms with E-state index >= 15 is 0 Å². The summed E-state index contributed by atoms with van der Waals surface area (Å²) in [6, 6.07) is 6.41. The van der Waals surface area contributed by atoms with Gasteiger partial charge in [-0.2, -0.15) is 0 Å². The molecular weight excluding hydrogens is 584 g/mol. The standard InChI is InChI=1S/C38H42O8/c1-19-7-13-27(37(5)17-15-25-21(3)33(39)45-31(25)29(19)37)43-35(41)23-9-11-24(12-10-23)36(42)44-28-14-8-20(2)30-32-26(16-18-38(28,30)6)22(4)34(40)46-32/h7-12,25-32H,3-4,13-18H2,1-2,5-6H3/t25-,26-,27+,28+,29+,30+,31-,32-,37-,38-/m0/s1. The maximum Gasteiger partial charge on any atom is 0.338 e. The van der Waals surface area contributed by atoms with Crippen molar-refractivity contribution in [1.82, 2.24) is 0 Å². The summed E-state index contributed by atoms with van der Waals surface area (Å²) in [7, 11) is 0. The average molecular weight is 627 g/mol. The van der Waals surface area contributed by atoms with E-state index in [0.29, 0.717) is 35.1 Å². The highest BCUT2D eigenvalue weighted by Gasteiger charge is 2.60. The van der Waals surface area contributed by atoms with Crippen molar-refractivity contribution >= 4 is 23.9 Å². The minimum absolute atomic E-state index is 0.00641. The van der Waals surface area contributed by atoms with Gasteiger partial charge in [-0.15, -0.1) is 0 Å². The van der Waals surface area contributed by atoms with Crippen molar-refractivity contribution in [3.63, 3.8) is 0 Å². The molecule has 6 aliphatic rings. The minimum Gasteiger partial charge on any atom is -0.458 e. The Balaban J connectivity index is 1.03. The molecule has 0 amide bonds. The van der Waals surface area contributed by atoms with Gasteiger partial charge in [0.05, 0.1) is 11.1 Å². The molecule has 1 aromatic carbocycles. The number of ether oxygens (including phenoxy) is 4. The van der Waals surface area contributed by atoms with Crippen molar-refractivity contribution < 1.29 is 38.1 Å². The van der Waals surface area contributed by atoms with Gasteiger partial charge in [-0.3, -0.25) is 0 Å². The summed E-state index contributed by atoms with van der Waals surface area (Å²) >= 11 is 0. The van der Waals surface area contributed by atoms with Crippen LogP contribution in [0.4, 0.5) is 0 Å². The predicted octanol–water partition coefficient (Wildman–Crippen LogP) is 6.47. The number of hydrogen-bond donors (Lipinski definition) is 0. The first-order chi connectivity index (χ1) is 21.8. The molecule has 2 heterocycles. The van der Waals surface area contributed by atoms with Crippen LogP contribution in [0.3, 0.4) is 0 Å². The summed E-state index contributed by atoms with van der Waals surface area (Å²) in [5, 5.41) is 0. The molecule has 46 heavy (non-hydrogen) atoms. The molecule has 0 aromatic heterocycles. The van der Waals surface area contributed by atoms with Crippen LogP contribution < -0.4 is 0 Å². The Bertz CT molecular complexity index is 1500. The number of carbonyl (C=O) groups excluding carboxylic acids is 4. The zero-order valence-electron chi connectivity index (χ0n) is 27.0. The van der Waals surface area contributed by atoms with Gasteiger partial charge in [-0.25, -0.2) is 19.2 Å². The van der Waals surface area contributed by atoms with Gasteiger partial charge >= 0.3 is 23.9 Å². The predicted molar refractivity (Wildman–Crippen MR) is 168 cm³/mol. The Kier molecular flexibility index (Phi) is 7.22. The lowest BCUT2D eigenvalue weighted by molar-refractivity contribution is -0.150. The van der Waals surface area contributed by atoms with Gasteiger partial charge in [0.1, 0.15) is 24.4 Å². The third-order valence-electron chi connectivity index (χ3n) is 12.4. The van der Waals surface area contributed by atoms with E-state index in [1.807, 2.05) is 0 Å². The normalized spacial score (nSPS) is 39.5. The molecule has 0 spiro atoms. The van der Waals surface area contributed by atoms with Gasteiger partial charge in [0.25, 0.3) is 0 Å². The molecule has 0 N–H and O–H groups in total. The zero-order chi connectivity index (χ0) is 32.7. The van der Waals surface area contributed by atoms with Crippen molar-refractivity contribution in [2.75, 3.05) is 0 Å². The van der Waals surface area contributed by atoms with Crippen LogP contribution >= 0.6 is 0 Å². The number of carbonyl (C=O) groups is 4. The quantitative estimate of drug-likeness (QED) is 0.162. The van der Waals surface area contributed by atoms with E-state index in [1.54, 1.807) is 24.3 Å². The van der Waals surface area contributed by atoms with Gasteiger partial charge < -0.3 is 18.9 Å². The van der Waals surface area contributed by atoms with E-state index in [4.69, 9.17) is 18.9 Å². The zero-order valence-corrected chi connectivity index (χ0v) is 27.0. The highest BCUT2D eigenvalue weighted by molar-refractivity contribution is 5.94. The van der Waals surface area contributed by atoms with Crippen molar-refractivity contribution in [2.24, 2.45) is 34.5 Å². The number of fused-ring (bicyclic) bond motifs is 6. The molecule has 1 aromatic rings. The van der Waals surface area contributed by atoms with E-state index in [9.17, 15) is 19.2 Å². The third-order valence-corrected chi connectivity index (χ3v) is 12.4. The highest BCUT2D eigenvalue weighted by Crippen LogP contribution is 2.58. The summed E-state index contributed by atoms with van der Waals surface area (Å²) in [5.41, 5.74) is 3.33. The monoisotopic (exact) mass is 626 g/mol. The van der Waals surface area contributed by atoms with Crippen molar-refractivity contribution in [3.05, 3.63) is 83.0 Å². The summed E-state index contributed by atoms with van der Waals surface area (Å²) in [5.74, 6) is -1.68. The first kappa shape index (κ1) is 30.7. The first-order valence-electron chi connectivity index (χ1n) is 16.5. The maximum absolute atomic E-state index is 13.4. The van der Waals surface area contributed by atoms with Crippen molar-refractivity contribution in [2.45, 2.75) is 90.6 Å². The fourth-order valence-corrected chi connectivity index (χ4v) is 9.70. The molecule has 8 heteroatoms. The Morgan fingerprint density at radius 3 is 1.46 bits per heavy atom. The Hall–Kier alpha value is -3.94. The average Bonchev–Trinajstić information content (AvgIpc) is 3.48. The van der Waals surface area contributed by atoms with Gasteiger partial charge in [0.15, 0.2) is 0 Å². The van der Waals surface area contributed by atoms with Crippen LogP contribution in [0.5, 0.6) is 0 Å². The second kappa shape index (κ2) is 10.8. The fraction of sp³-hybridized carbons (Fsp3) is 0.526. The molecule has 7 rings (SSSR count). The fourth-order valence-electron chi connectivity index (χ4n) is 9.70. The molecule has 4 fully saturated rings. The van der Waals surface area contributed by atoms with E-state index in [0.717, 1.165) is 36.8 Å². The molecule has 0 bridgehead atoms. The van der Waals surface area contributed by atoms with Crippen LogP contribution in [0.25, 0.3) is 0 Å². The van der Waals surface area contributed by atoms with E-state index in [1.165, 1.54) is 0 Å². The topological polar surface area (TPSA) is 105 Å². The molecule has 8 nitrogen and oxygen atoms in total. The van der Waals surface area contributed by atoms with Gasteiger partial charge in [-0.05, 0) is 63.8 Å². The van der Waals surface area contributed by atoms with Crippen molar-refractivity contribution in [1.29, 1.82) is 0 Å². The number of esters is 4. The molecule has 0 radical (unpaired) electrons. The Morgan fingerprint density at radius 1 is 0.717 bits per heavy atom. The lowest BCUT2D eigenvalue weighted by Gasteiger charge is -2.52. The number of rotatable bonds is 4. The molecule has 10 atom stereocenters. The second-order valence-corrected chi connectivity index (χ2v) is 14.8. The van der Waals surface area contributed by atoms with E-state index in [2.05, 4.69) is 53.0 Å². The summed E-state index contributed by atoms with van der Waals surface area (Å²) in [6.07, 6.45) is 7.13. The van der Waals surface area contributed by atoms with Crippen LogP contribution in [-0.4, -0.2) is 48.3 Å². The van der Waals surface area contributed by atoms with Gasteiger partial charge in [0.2, 0.25) is 0 Å². The summed E-state index contributed by atoms with van der Waals surface area (Å²) in [6.45, 7) is 16.3. The number of benzene rings is 1. The van der Waals surface area contributed by atoms with E-state index in [-0.39, 0.29) is 70.9 Å². The van der Waals surface area contributed by atoms with Crippen LogP contribution in [-0.2, 0) is 28.5 Å². The van der Waals surface area contributed by atoms with Crippen LogP contribution in [0.15, 0.2) is 71.9 Å². The van der Waals surface area contributed by atoms with Gasteiger partial charge in [0, 0.05) is 58.5 Å². The molecular formula is C38H42O8. The molecule has 0 unspecified atom stereocenters. The van der Waals surface area contributed by atoms with Crippen LogP contribution in [0, 0.1) is 34.5 Å². The summed E-state index contributed by atoms with van der Waals surface area (Å²) in [4.78, 5) is 51.5. The lowest BCUT2D eigenvalue weighted by Crippen LogP contribution is -2.53. The van der Waals surface area contributed by atoms with Crippen LogP contribution in [0.2, 0.25) is 0 Å². The third kappa shape index (κ3) is 4.54. The van der Waals surface area contributed by atoms with Crippen molar-refractivity contribution in [3.8, 4) is 0 Å². The first-order valence-corrected chi connectivity index (χ1v) is 16.5. The minimum atomic E-state index is -0.458. The van der Waals surface area contributed by atoms with Crippen LogP contribution in [0.1, 0.15) is 86.9 Å². The maximum atomic E-state index is 13.4. The Morgan fingerprint density at radius 2 is 1.09 bits per heavy atom. The highest BCUT2D eigenvalue weighted by atomic mass is 16.6. The molecule has 242 valence electrons. The molecule has 2 aliphatic heterocycles. The largest absolute Gasteiger partial charge is 0.458 e. The lowest BCUT2D eigenvalue weighted by atomic mass is 9.55. The second-order valence-electron chi connectivity index (χ2n) is 14.8. The molecule has 2 saturated carbocycles.